The third kappa shape index (κ3) is 34.5. The largest absolute Gasteiger partial charge is 0.385 e. The Kier molecular flexibility index (Phi) is 31.6. The first kappa shape index (κ1) is 18.3. The van der Waals surface area contributed by atoms with Gasteiger partial charge in [0, 0.05) is 27.2 Å². The van der Waals surface area contributed by atoms with Crippen LogP contribution < -0.4 is 5.32 Å². The Labute approximate surface area is 82.9 Å². The Morgan fingerprint density at radius 1 is 1.23 bits per heavy atom. The molecule has 0 aromatic heterocycles. The molecule has 0 heterocycles. The third-order valence-electron chi connectivity index (χ3n) is 0.899. The molecule has 0 aliphatic heterocycles. The quantitative estimate of drug-likeness (QED) is 0.692. The molecule has 1 amide bonds. The van der Waals surface area contributed by atoms with E-state index in [4.69, 9.17) is 4.74 Å². The third-order valence-corrected chi connectivity index (χ3v) is 0.899. The highest BCUT2D eigenvalue weighted by Gasteiger charge is 1.87. The van der Waals surface area contributed by atoms with Crippen molar-refractivity contribution >= 4 is 5.91 Å². The summed E-state index contributed by atoms with van der Waals surface area (Å²) < 4.78 is 4.77. The number of ether oxygens (including phenoxy) is 1. The molecule has 0 fully saturated rings. The van der Waals surface area contributed by atoms with Crippen LogP contribution in [0.25, 0.3) is 0 Å². The van der Waals surface area contributed by atoms with Gasteiger partial charge in [0.25, 0.3) is 0 Å². The molecule has 13 heavy (non-hydrogen) atoms. The van der Waals surface area contributed by atoms with Crippen LogP contribution in [0.4, 0.5) is 0 Å². The van der Waals surface area contributed by atoms with Crippen molar-refractivity contribution in [1.82, 2.24) is 5.32 Å². The van der Waals surface area contributed by atoms with Crippen LogP contribution in [-0.2, 0) is 9.53 Å². The zero-order valence-electron chi connectivity index (χ0n) is 9.94. The standard InChI is InChI=1S/C6H13NO2.2C2H6/c1-6(8)7-4-3-5-9-2;2*1-2/h3-5H2,1-2H3,(H,7,8);2*1-2H3. The predicted octanol–water partition coefficient (Wildman–Crippen LogP) is 2.21. The summed E-state index contributed by atoms with van der Waals surface area (Å²) in [4.78, 5) is 10.3. The lowest BCUT2D eigenvalue weighted by molar-refractivity contribution is -0.118. The summed E-state index contributed by atoms with van der Waals surface area (Å²) in [6.45, 7) is 10.9. The van der Waals surface area contributed by atoms with Crippen molar-refractivity contribution in [2.45, 2.75) is 41.0 Å². The first-order valence-corrected chi connectivity index (χ1v) is 5.00. The number of carbonyl (C=O) groups excluding carboxylic acids is 1. The van der Waals surface area contributed by atoms with Gasteiger partial charge in [0.05, 0.1) is 0 Å². The lowest BCUT2D eigenvalue weighted by Crippen LogP contribution is -2.21. The molecule has 0 saturated heterocycles. The molecule has 0 saturated carbocycles. The molecule has 3 heteroatoms. The monoisotopic (exact) mass is 191 g/mol. The van der Waals surface area contributed by atoms with E-state index in [0.29, 0.717) is 13.2 Å². The van der Waals surface area contributed by atoms with Crippen molar-refractivity contribution in [3.8, 4) is 0 Å². The van der Waals surface area contributed by atoms with Crippen molar-refractivity contribution in [1.29, 1.82) is 0 Å². The van der Waals surface area contributed by atoms with Crippen molar-refractivity contribution < 1.29 is 9.53 Å². The minimum atomic E-state index is 0.0195. The Morgan fingerprint density at radius 2 is 1.69 bits per heavy atom. The van der Waals surface area contributed by atoms with Gasteiger partial charge in [-0.25, -0.2) is 0 Å². The van der Waals surface area contributed by atoms with Crippen molar-refractivity contribution in [2.24, 2.45) is 0 Å². The fourth-order valence-electron chi connectivity index (χ4n) is 0.481. The first-order chi connectivity index (χ1) is 6.27. The maximum absolute atomic E-state index is 10.3. The van der Waals surface area contributed by atoms with Crippen LogP contribution in [0.2, 0.25) is 0 Å². The summed E-state index contributed by atoms with van der Waals surface area (Å²) in [5.74, 6) is 0.0195. The van der Waals surface area contributed by atoms with Gasteiger partial charge >= 0.3 is 0 Å². The van der Waals surface area contributed by atoms with Crippen molar-refractivity contribution in [3.05, 3.63) is 0 Å². The molecule has 82 valence electrons. The Bertz CT molecular complexity index is 85.0. The number of nitrogens with one attached hydrogen (secondary N) is 1. The predicted molar refractivity (Wildman–Crippen MR) is 57.9 cm³/mol. The highest BCUT2D eigenvalue weighted by atomic mass is 16.5. The molecule has 0 atom stereocenters. The van der Waals surface area contributed by atoms with Crippen LogP contribution in [0.5, 0.6) is 0 Å². The summed E-state index contributed by atoms with van der Waals surface area (Å²) in [7, 11) is 1.65. The maximum atomic E-state index is 10.3. The van der Waals surface area contributed by atoms with Gasteiger partial charge in [-0.3, -0.25) is 4.79 Å². The van der Waals surface area contributed by atoms with Crippen LogP contribution >= 0.6 is 0 Å². The molecule has 0 rings (SSSR count). The molecule has 0 unspecified atom stereocenters. The van der Waals surface area contributed by atoms with Gasteiger partial charge in [0.1, 0.15) is 0 Å². The number of rotatable bonds is 4. The molecule has 0 aromatic rings. The van der Waals surface area contributed by atoms with Crippen LogP contribution in [0, 0.1) is 0 Å². The summed E-state index contributed by atoms with van der Waals surface area (Å²) in [5, 5.41) is 2.66. The molecule has 0 radical (unpaired) electrons. The van der Waals surface area contributed by atoms with Gasteiger partial charge in [0.15, 0.2) is 0 Å². The van der Waals surface area contributed by atoms with Crippen LogP contribution in [0.15, 0.2) is 0 Å². The zero-order valence-corrected chi connectivity index (χ0v) is 9.94. The second-order valence-corrected chi connectivity index (χ2v) is 1.83. The number of carbonyl (C=O) groups is 1. The molecule has 1 N–H and O–H groups in total. The number of hydrogen-bond acceptors (Lipinski definition) is 2. The minimum Gasteiger partial charge on any atom is -0.385 e. The van der Waals surface area contributed by atoms with Gasteiger partial charge in [-0.1, -0.05) is 27.7 Å². The Morgan fingerprint density at radius 3 is 2.00 bits per heavy atom. The van der Waals surface area contributed by atoms with Crippen molar-refractivity contribution in [2.75, 3.05) is 20.3 Å². The fourth-order valence-corrected chi connectivity index (χ4v) is 0.481. The topological polar surface area (TPSA) is 38.3 Å². The summed E-state index contributed by atoms with van der Waals surface area (Å²) >= 11 is 0. The van der Waals surface area contributed by atoms with E-state index in [1.165, 1.54) is 6.92 Å². The van der Waals surface area contributed by atoms with E-state index < -0.39 is 0 Å². The summed E-state index contributed by atoms with van der Waals surface area (Å²) in [5.41, 5.74) is 0. The van der Waals surface area contributed by atoms with Crippen LogP contribution in [0.3, 0.4) is 0 Å². The molecule has 3 nitrogen and oxygen atoms in total. The van der Waals surface area contributed by atoms with Crippen molar-refractivity contribution in [3.63, 3.8) is 0 Å². The first-order valence-electron chi connectivity index (χ1n) is 5.00. The van der Waals surface area contributed by atoms with Gasteiger partial charge in [-0.2, -0.15) is 0 Å². The normalized spacial score (nSPS) is 7.23. The Balaban J connectivity index is -0.000000218. The highest BCUT2D eigenvalue weighted by molar-refractivity contribution is 5.72. The van der Waals surface area contributed by atoms with E-state index in [0.717, 1.165) is 6.42 Å². The summed E-state index contributed by atoms with van der Waals surface area (Å²) in [6.07, 6.45) is 0.885. The molecule has 0 bridgehead atoms. The number of amides is 1. The molecule has 0 aliphatic rings. The second-order valence-electron chi connectivity index (χ2n) is 1.83. The van der Waals surface area contributed by atoms with E-state index in [-0.39, 0.29) is 5.91 Å². The van der Waals surface area contributed by atoms with E-state index in [9.17, 15) is 4.79 Å². The summed E-state index contributed by atoms with van der Waals surface area (Å²) in [6, 6.07) is 0. The van der Waals surface area contributed by atoms with Gasteiger partial charge in [-0.05, 0) is 6.42 Å². The van der Waals surface area contributed by atoms with Gasteiger partial charge < -0.3 is 10.1 Å². The SMILES string of the molecule is CC.CC.COCCCNC(C)=O. The fraction of sp³-hybridized carbons (Fsp3) is 0.900. The lowest BCUT2D eigenvalue weighted by atomic mass is 10.4. The Hall–Kier alpha value is -0.570. The van der Waals surface area contributed by atoms with Crippen LogP contribution in [0.1, 0.15) is 41.0 Å². The van der Waals surface area contributed by atoms with Gasteiger partial charge in [0.2, 0.25) is 5.91 Å². The number of methoxy groups -OCH3 is 1. The van der Waals surface area contributed by atoms with E-state index in [1.807, 2.05) is 27.7 Å². The molecule has 0 spiro atoms. The van der Waals surface area contributed by atoms with E-state index >= 15 is 0 Å². The maximum Gasteiger partial charge on any atom is 0.216 e. The number of hydrogen-bond donors (Lipinski definition) is 1. The second kappa shape index (κ2) is 22.5. The zero-order chi connectivity index (χ0) is 11.1. The lowest BCUT2D eigenvalue weighted by Gasteiger charge is -1.98. The average molecular weight is 191 g/mol. The molecular formula is C10H25NO2. The highest BCUT2D eigenvalue weighted by Crippen LogP contribution is 1.75. The van der Waals surface area contributed by atoms with E-state index in [1.54, 1.807) is 7.11 Å². The molecular weight excluding hydrogens is 166 g/mol. The molecule has 0 aromatic carbocycles. The smallest absolute Gasteiger partial charge is 0.216 e. The molecule has 0 aliphatic carbocycles. The van der Waals surface area contributed by atoms with E-state index in [2.05, 4.69) is 5.32 Å². The van der Waals surface area contributed by atoms with Crippen LogP contribution in [-0.4, -0.2) is 26.2 Å². The van der Waals surface area contributed by atoms with Gasteiger partial charge in [-0.15, -0.1) is 0 Å². The minimum absolute atomic E-state index is 0.0195. The average Bonchev–Trinajstić information content (AvgIpc) is 2.19.